The van der Waals surface area contributed by atoms with Gasteiger partial charge in [0.25, 0.3) is 5.91 Å². The molecule has 5 rings (SSSR count). The summed E-state index contributed by atoms with van der Waals surface area (Å²) in [5, 5.41) is 1.27. The van der Waals surface area contributed by atoms with E-state index in [1.165, 1.54) is 25.0 Å². The van der Waals surface area contributed by atoms with Gasteiger partial charge in [0, 0.05) is 47.5 Å². The normalized spacial score (nSPS) is 15.1. The number of hydrogen-bond donors (Lipinski definition) is 0. The molecule has 2 aromatic heterocycles. The molecule has 3 heterocycles. The SMILES string of the molecule is Cl.O=C(c1cc2sc3ccccc3c2s1)N1CCN(Cc2ccccc2)CC1. The topological polar surface area (TPSA) is 23.6 Å². The van der Waals surface area contributed by atoms with Gasteiger partial charge in [-0.1, -0.05) is 48.5 Å². The fourth-order valence-electron chi connectivity index (χ4n) is 3.71. The molecule has 28 heavy (non-hydrogen) atoms. The van der Waals surface area contributed by atoms with Gasteiger partial charge in [0.05, 0.1) is 9.58 Å². The Hall–Kier alpha value is -1.92. The quantitative estimate of drug-likeness (QED) is 0.430. The van der Waals surface area contributed by atoms with Gasteiger partial charge < -0.3 is 4.90 Å². The number of fused-ring (bicyclic) bond motifs is 3. The Labute approximate surface area is 178 Å². The van der Waals surface area contributed by atoms with Crippen LogP contribution in [0.2, 0.25) is 0 Å². The summed E-state index contributed by atoms with van der Waals surface area (Å²) in [5.41, 5.74) is 1.34. The third-order valence-electron chi connectivity index (χ3n) is 5.17. The van der Waals surface area contributed by atoms with Gasteiger partial charge in [-0.2, -0.15) is 0 Å². The predicted octanol–water partition coefficient (Wildman–Crippen LogP) is 5.50. The fraction of sp³-hybridized carbons (Fsp3) is 0.227. The van der Waals surface area contributed by atoms with E-state index in [4.69, 9.17) is 0 Å². The zero-order valence-corrected chi connectivity index (χ0v) is 17.8. The fourth-order valence-corrected chi connectivity index (χ4v) is 6.20. The number of benzene rings is 2. The second kappa shape index (κ2) is 8.21. The van der Waals surface area contributed by atoms with Crippen LogP contribution in [0.25, 0.3) is 19.5 Å². The van der Waals surface area contributed by atoms with Crippen LogP contribution in [-0.4, -0.2) is 41.9 Å². The summed E-state index contributed by atoms with van der Waals surface area (Å²) >= 11 is 3.42. The second-order valence-corrected chi connectivity index (χ2v) is 9.09. The van der Waals surface area contributed by atoms with Crippen LogP contribution in [0, 0.1) is 0 Å². The molecule has 0 radical (unpaired) electrons. The minimum atomic E-state index is 0. The van der Waals surface area contributed by atoms with Crippen LogP contribution in [-0.2, 0) is 6.54 Å². The number of carbonyl (C=O) groups is 1. The average molecular weight is 429 g/mol. The molecule has 0 unspecified atom stereocenters. The first kappa shape index (κ1) is 19.4. The van der Waals surface area contributed by atoms with Crippen molar-refractivity contribution in [2.24, 2.45) is 0 Å². The summed E-state index contributed by atoms with van der Waals surface area (Å²) in [7, 11) is 0. The number of nitrogens with zero attached hydrogens (tertiary/aromatic N) is 2. The number of rotatable bonds is 3. The van der Waals surface area contributed by atoms with E-state index in [-0.39, 0.29) is 18.3 Å². The van der Waals surface area contributed by atoms with E-state index in [9.17, 15) is 4.79 Å². The molecule has 144 valence electrons. The highest BCUT2D eigenvalue weighted by Crippen LogP contribution is 2.39. The van der Waals surface area contributed by atoms with Crippen LogP contribution in [0.3, 0.4) is 0 Å². The van der Waals surface area contributed by atoms with E-state index in [1.807, 2.05) is 4.90 Å². The molecule has 0 bridgehead atoms. The number of carbonyl (C=O) groups excluding carboxylic acids is 1. The number of hydrogen-bond acceptors (Lipinski definition) is 4. The molecular weight excluding hydrogens is 408 g/mol. The van der Waals surface area contributed by atoms with Crippen molar-refractivity contribution in [2.45, 2.75) is 6.54 Å². The van der Waals surface area contributed by atoms with Crippen molar-refractivity contribution >= 4 is 60.5 Å². The molecule has 0 saturated carbocycles. The molecule has 1 fully saturated rings. The van der Waals surface area contributed by atoms with E-state index >= 15 is 0 Å². The zero-order valence-electron chi connectivity index (χ0n) is 15.3. The van der Waals surface area contributed by atoms with Crippen LogP contribution in [0.5, 0.6) is 0 Å². The van der Waals surface area contributed by atoms with Crippen molar-refractivity contribution < 1.29 is 4.79 Å². The minimum absolute atomic E-state index is 0. The summed E-state index contributed by atoms with van der Waals surface area (Å²) < 4.78 is 3.78. The van der Waals surface area contributed by atoms with E-state index in [0.717, 1.165) is 37.6 Å². The molecular formula is C22H21ClN2OS2. The van der Waals surface area contributed by atoms with Gasteiger partial charge in [0.1, 0.15) is 0 Å². The van der Waals surface area contributed by atoms with Gasteiger partial charge in [0.2, 0.25) is 0 Å². The van der Waals surface area contributed by atoms with Gasteiger partial charge >= 0.3 is 0 Å². The van der Waals surface area contributed by atoms with Gasteiger partial charge in [-0.3, -0.25) is 9.69 Å². The van der Waals surface area contributed by atoms with Gasteiger partial charge in [-0.15, -0.1) is 35.1 Å². The zero-order chi connectivity index (χ0) is 18.2. The lowest BCUT2D eigenvalue weighted by Gasteiger charge is -2.34. The molecule has 3 nitrogen and oxygen atoms in total. The van der Waals surface area contributed by atoms with Crippen LogP contribution < -0.4 is 0 Å². The first-order valence-electron chi connectivity index (χ1n) is 9.24. The summed E-state index contributed by atoms with van der Waals surface area (Å²) in [4.78, 5) is 18.3. The molecule has 2 aromatic carbocycles. The standard InChI is InChI=1S/C22H20N2OS2.ClH/c25-22(20-14-19-21(27-20)17-8-4-5-9-18(17)26-19)24-12-10-23(11-13-24)15-16-6-2-1-3-7-16;/h1-9,14H,10-13,15H2;1H. The monoisotopic (exact) mass is 428 g/mol. The van der Waals surface area contributed by atoms with Gasteiger partial charge in [-0.25, -0.2) is 0 Å². The summed E-state index contributed by atoms with van der Waals surface area (Å²) in [6.45, 7) is 4.44. The lowest BCUT2D eigenvalue weighted by molar-refractivity contribution is 0.0633. The first-order chi connectivity index (χ1) is 13.3. The summed E-state index contributed by atoms with van der Waals surface area (Å²) in [5.74, 6) is 0.187. The maximum Gasteiger partial charge on any atom is 0.264 e. The van der Waals surface area contributed by atoms with Crippen molar-refractivity contribution in [3.05, 3.63) is 71.1 Å². The molecule has 0 spiro atoms. The second-order valence-electron chi connectivity index (χ2n) is 6.96. The highest BCUT2D eigenvalue weighted by atomic mass is 35.5. The van der Waals surface area contributed by atoms with Crippen molar-refractivity contribution in [3.8, 4) is 0 Å². The molecule has 4 aromatic rings. The van der Waals surface area contributed by atoms with Gasteiger partial charge in [-0.05, 0) is 17.7 Å². The van der Waals surface area contributed by atoms with Crippen molar-refractivity contribution in [1.82, 2.24) is 9.80 Å². The minimum Gasteiger partial charge on any atom is -0.335 e. The molecule has 6 heteroatoms. The molecule has 0 N–H and O–H groups in total. The number of piperazine rings is 1. The van der Waals surface area contributed by atoms with Crippen LogP contribution >= 0.6 is 35.1 Å². The van der Waals surface area contributed by atoms with E-state index in [2.05, 4.69) is 65.6 Å². The predicted molar refractivity (Wildman–Crippen MR) is 122 cm³/mol. The number of amides is 1. The summed E-state index contributed by atoms with van der Waals surface area (Å²) in [6.07, 6.45) is 0. The molecule has 1 aliphatic rings. The molecule has 0 atom stereocenters. The highest BCUT2D eigenvalue weighted by molar-refractivity contribution is 7.33. The lowest BCUT2D eigenvalue weighted by Crippen LogP contribution is -2.48. The Kier molecular flexibility index (Phi) is 5.69. The Bertz CT molecular complexity index is 1100. The molecule has 1 saturated heterocycles. The maximum absolute atomic E-state index is 13.0. The Balaban J connectivity index is 0.00000192. The van der Waals surface area contributed by atoms with Crippen LogP contribution in [0.15, 0.2) is 60.7 Å². The third-order valence-corrected chi connectivity index (χ3v) is 7.57. The van der Waals surface area contributed by atoms with Crippen molar-refractivity contribution in [3.63, 3.8) is 0 Å². The van der Waals surface area contributed by atoms with Crippen molar-refractivity contribution in [2.75, 3.05) is 26.2 Å². The van der Waals surface area contributed by atoms with Crippen molar-refractivity contribution in [1.29, 1.82) is 0 Å². The summed E-state index contributed by atoms with van der Waals surface area (Å²) in [6, 6.07) is 21.1. The largest absolute Gasteiger partial charge is 0.335 e. The van der Waals surface area contributed by atoms with E-state index in [0.29, 0.717) is 0 Å². The Morgan fingerprint density at radius 3 is 2.36 bits per heavy atom. The average Bonchev–Trinajstić information content (AvgIpc) is 3.27. The van der Waals surface area contributed by atoms with Crippen LogP contribution in [0.1, 0.15) is 15.2 Å². The molecule has 1 aliphatic heterocycles. The molecule has 0 aliphatic carbocycles. The molecule has 1 amide bonds. The smallest absolute Gasteiger partial charge is 0.264 e. The number of halogens is 1. The van der Waals surface area contributed by atoms with E-state index < -0.39 is 0 Å². The number of thiophene rings is 2. The maximum atomic E-state index is 13.0. The third kappa shape index (κ3) is 3.67. The Morgan fingerprint density at radius 1 is 0.857 bits per heavy atom. The lowest BCUT2D eigenvalue weighted by atomic mass is 10.2. The van der Waals surface area contributed by atoms with Crippen LogP contribution in [0.4, 0.5) is 0 Å². The Morgan fingerprint density at radius 2 is 1.57 bits per heavy atom. The first-order valence-corrected chi connectivity index (χ1v) is 10.9. The highest BCUT2D eigenvalue weighted by Gasteiger charge is 2.24. The van der Waals surface area contributed by atoms with E-state index in [1.54, 1.807) is 22.7 Å². The van der Waals surface area contributed by atoms with Gasteiger partial charge in [0.15, 0.2) is 0 Å².